The maximum atomic E-state index is 13.0. The van der Waals surface area contributed by atoms with Crippen molar-refractivity contribution in [3.63, 3.8) is 0 Å². The number of hydrogen-bond donors (Lipinski definition) is 3. The molecule has 2 aromatic heterocycles. The van der Waals surface area contributed by atoms with Crippen molar-refractivity contribution in [2.75, 3.05) is 0 Å². The molecule has 7 nitrogen and oxygen atoms in total. The van der Waals surface area contributed by atoms with Gasteiger partial charge in [-0.25, -0.2) is 0 Å². The van der Waals surface area contributed by atoms with E-state index < -0.39 is 6.04 Å². The Hall–Kier alpha value is -4.36. The van der Waals surface area contributed by atoms with Crippen molar-refractivity contribution < 1.29 is 9.59 Å². The van der Waals surface area contributed by atoms with E-state index in [9.17, 15) is 9.59 Å². The fourth-order valence-electron chi connectivity index (χ4n) is 4.29. The molecule has 2 amide bonds. The fourth-order valence-corrected chi connectivity index (χ4v) is 4.29. The molecule has 0 aliphatic carbocycles. The summed E-state index contributed by atoms with van der Waals surface area (Å²) >= 11 is 0. The Morgan fingerprint density at radius 2 is 1.13 bits per heavy atom. The first-order valence-electron chi connectivity index (χ1n) is 12.8. The predicted octanol–water partition coefficient (Wildman–Crippen LogP) is 4.08. The summed E-state index contributed by atoms with van der Waals surface area (Å²) in [6.45, 7) is 0. The number of aromatic nitrogens is 2. The van der Waals surface area contributed by atoms with Crippen LogP contribution >= 0.6 is 0 Å². The van der Waals surface area contributed by atoms with Crippen molar-refractivity contribution in [3.05, 3.63) is 132 Å². The minimum atomic E-state index is -0.818. The summed E-state index contributed by atoms with van der Waals surface area (Å²) < 4.78 is 0. The second-order valence-electron chi connectivity index (χ2n) is 9.20. The highest BCUT2D eigenvalue weighted by atomic mass is 16.2. The van der Waals surface area contributed by atoms with Crippen molar-refractivity contribution in [2.24, 2.45) is 5.73 Å². The fraction of sp³-hybridized carbons (Fsp3) is 0.226. The van der Waals surface area contributed by atoms with Gasteiger partial charge in [0, 0.05) is 43.0 Å². The Bertz CT molecular complexity index is 1270. The quantitative estimate of drug-likeness (QED) is 0.268. The third-order valence-electron chi connectivity index (χ3n) is 6.35. The molecule has 3 atom stereocenters. The molecule has 194 valence electrons. The molecule has 0 radical (unpaired) electrons. The van der Waals surface area contributed by atoms with Crippen LogP contribution in [-0.2, 0) is 22.4 Å². The van der Waals surface area contributed by atoms with Crippen LogP contribution in [0.5, 0.6) is 0 Å². The smallest absolute Gasteiger partial charge is 0.237 e. The van der Waals surface area contributed by atoms with Crippen molar-refractivity contribution in [2.45, 2.75) is 43.8 Å². The van der Waals surface area contributed by atoms with E-state index in [1.807, 2.05) is 97.1 Å². The number of carbonyl (C=O) groups is 2. The van der Waals surface area contributed by atoms with Gasteiger partial charge in [0.15, 0.2) is 0 Å². The minimum Gasteiger partial charge on any atom is -0.349 e. The van der Waals surface area contributed by atoms with Crippen LogP contribution in [-0.4, -0.2) is 27.8 Å². The zero-order valence-corrected chi connectivity index (χ0v) is 21.2. The second-order valence-corrected chi connectivity index (χ2v) is 9.20. The Kier molecular flexibility index (Phi) is 9.70. The monoisotopic (exact) mass is 507 g/mol. The van der Waals surface area contributed by atoms with E-state index in [0.29, 0.717) is 12.8 Å². The topological polar surface area (TPSA) is 110 Å². The molecule has 3 unspecified atom stereocenters. The highest BCUT2D eigenvalue weighted by Crippen LogP contribution is 2.19. The molecule has 38 heavy (non-hydrogen) atoms. The molecule has 2 heterocycles. The maximum absolute atomic E-state index is 13.0. The van der Waals surface area contributed by atoms with Crippen molar-refractivity contribution >= 4 is 11.8 Å². The average Bonchev–Trinajstić information content (AvgIpc) is 2.97. The molecule has 4 rings (SSSR count). The van der Waals surface area contributed by atoms with Gasteiger partial charge in [0.2, 0.25) is 11.8 Å². The second kappa shape index (κ2) is 13.8. The van der Waals surface area contributed by atoms with E-state index in [1.165, 1.54) is 0 Å². The van der Waals surface area contributed by atoms with Gasteiger partial charge in [0.1, 0.15) is 0 Å². The van der Waals surface area contributed by atoms with E-state index in [1.54, 1.807) is 12.4 Å². The summed E-state index contributed by atoms with van der Waals surface area (Å²) in [7, 11) is 0. The highest BCUT2D eigenvalue weighted by Gasteiger charge is 2.22. The first kappa shape index (κ1) is 26.7. The Morgan fingerprint density at radius 1 is 0.658 bits per heavy atom. The molecule has 0 saturated carbocycles. The SMILES string of the molecule is NC(CCC(=O)NC(Cc1ccccn1)c1ccccc1)C(=O)NC(Cc1ccccn1)c1ccccc1. The predicted molar refractivity (Wildman–Crippen MR) is 148 cm³/mol. The Balaban J connectivity index is 1.35. The molecule has 0 aliphatic rings. The molecule has 2 aromatic carbocycles. The Labute approximate surface area is 223 Å². The van der Waals surface area contributed by atoms with Crippen LogP contribution in [0.4, 0.5) is 0 Å². The van der Waals surface area contributed by atoms with Gasteiger partial charge in [-0.15, -0.1) is 0 Å². The van der Waals surface area contributed by atoms with E-state index in [4.69, 9.17) is 5.73 Å². The molecular weight excluding hydrogens is 474 g/mol. The first-order valence-corrected chi connectivity index (χ1v) is 12.8. The highest BCUT2D eigenvalue weighted by molar-refractivity contribution is 5.83. The van der Waals surface area contributed by atoms with Gasteiger partial charge < -0.3 is 16.4 Å². The van der Waals surface area contributed by atoms with Crippen LogP contribution in [0.1, 0.15) is 47.4 Å². The lowest BCUT2D eigenvalue weighted by Crippen LogP contribution is -2.43. The molecule has 0 aliphatic heterocycles. The van der Waals surface area contributed by atoms with Gasteiger partial charge in [-0.05, 0) is 41.8 Å². The number of rotatable bonds is 12. The summed E-state index contributed by atoms with van der Waals surface area (Å²) in [5.41, 5.74) is 9.95. The molecule has 7 heteroatoms. The number of hydrogen-bond acceptors (Lipinski definition) is 5. The number of carbonyl (C=O) groups excluding carboxylic acids is 2. The van der Waals surface area contributed by atoms with E-state index in [2.05, 4.69) is 20.6 Å². The summed E-state index contributed by atoms with van der Waals surface area (Å²) in [6, 6.07) is 29.7. The van der Waals surface area contributed by atoms with Gasteiger partial charge >= 0.3 is 0 Å². The van der Waals surface area contributed by atoms with Crippen LogP contribution in [0.15, 0.2) is 109 Å². The molecule has 0 saturated heterocycles. The largest absolute Gasteiger partial charge is 0.349 e. The van der Waals surface area contributed by atoms with Gasteiger partial charge in [-0.3, -0.25) is 19.6 Å². The molecule has 0 spiro atoms. The maximum Gasteiger partial charge on any atom is 0.237 e. The lowest BCUT2D eigenvalue weighted by atomic mass is 10.00. The standard InChI is InChI=1S/C31H33N5O2/c32-27(31(38)36-29(24-13-5-2-6-14-24)22-26-16-8-10-20-34-26)17-18-30(37)35-28(23-11-3-1-4-12-23)21-25-15-7-9-19-33-25/h1-16,19-20,27-29H,17-18,21-22,32H2,(H,35,37)(H,36,38). The number of pyridine rings is 2. The third-order valence-corrected chi connectivity index (χ3v) is 6.35. The molecule has 0 fully saturated rings. The lowest BCUT2D eigenvalue weighted by molar-refractivity contribution is -0.124. The lowest BCUT2D eigenvalue weighted by Gasteiger charge is -2.22. The van der Waals surface area contributed by atoms with Crippen molar-refractivity contribution in [1.29, 1.82) is 0 Å². The summed E-state index contributed by atoms with van der Waals surface area (Å²) in [5, 5.41) is 6.16. The average molecular weight is 508 g/mol. The number of nitrogens with zero attached hydrogens (tertiary/aromatic N) is 2. The molecule has 0 bridgehead atoms. The van der Waals surface area contributed by atoms with Gasteiger partial charge in [0.05, 0.1) is 18.1 Å². The summed E-state index contributed by atoms with van der Waals surface area (Å²) in [5.74, 6) is -0.457. The minimum absolute atomic E-state index is 0.135. The van der Waals surface area contributed by atoms with Crippen LogP contribution in [0.3, 0.4) is 0 Å². The number of nitrogens with two attached hydrogens (primary N) is 1. The van der Waals surface area contributed by atoms with Crippen LogP contribution in [0, 0.1) is 0 Å². The van der Waals surface area contributed by atoms with E-state index >= 15 is 0 Å². The zero-order chi connectivity index (χ0) is 26.6. The van der Waals surface area contributed by atoms with E-state index in [0.717, 1.165) is 22.5 Å². The molecular formula is C31H33N5O2. The molecule has 4 N–H and O–H groups in total. The van der Waals surface area contributed by atoms with Gasteiger partial charge in [0.25, 0.3) is 0 Å². The normalized spacial score (nSPS) is 13.2. The van der Waals surface area contributed by atoms with Crippen molar-refractivity contribution in [1.82, 2.24) is 20.6 Å². The Morgan fingerprint density at radius 3 is 1.61 bits per heavy atom. The van der Waals surface area contributed by atoms with Gasteiger partial charge in [-0.2, -0.15) is 0 Å². The van der Waals surface area contributed by atoms with Crippen molar-refractivity contribution in [3.8, 4) is 0 Å². The number of benzene rings is 2. The zero-order valence-electron chi connectivity index (χ0n) is 21.2. The summed E-state index contributed by atoms with van der Waals surface area (Å²) in [6.07, 6.45) is 4.95. The first-order chi connectivity index (χ1) is 18.6. The number of amides is 2. The number of nitrogens with one attached hydrogen (secondary N) is 2. The van der Waals surface area contributed by atoms with Crippen LogP contribution in [0.2, 0.25) is 0 Å². The van der Waals surface area contributed by atoms with Gasteiger partial charge in [-0.1, -0.05) is 72.8 Å². The molecule has 4 aromatic rings. The van der Waals surface area contributed by atoms with Crippen LogP contribution < -0.4 is 16.4 Å². The summed E-state index contributed by atoms with van der Waals surface area (Å²) in [4.78, 5) is 34.7. The van der Waals surface area contributed by atoms with Crippen LogP contribution in [0.25, 0.3) is 0 Å². The third kappa shape index (κ3) is 8.08. The van der Waals surface area contributed by atoms with E-state index in [-0.39, 0.29) is 36.7 Å².